The predicted molar refractivity (Wildman–Crippen MR) is 72.6 cm³/mol. The molecule has 18 heavy (non-hydrogen) atoms. The third kappa shape index (κ3) is 4.36. The van der Waals surface area contributed by atoms with Gasteiger partial charge in [0.15, 0.2) is 0 Å². The minimum absolute atomic E-state index is 0.137. The van der Waals surface area contributed by atoms with Gasteiger partial charge < -0.3 is 10.6 Å². The number of nitriles is 1. The van der Waals surface area contributed by atoms with Crippen molar-refractivity contribution >= 4 is 23.2 Å². The van der Waals surface area contributed by atoms with Gasteiger partial charge in [-0.05, 0) is 31.5 Å². The second-order valence-electron chi connectivity index (χ2n) is 4.04. The Hall–Kier alpha value is -1.57. The molecule has 0 aliphatic heterocycles. The lowest BCUT2D eigenvalue weighted by molar-refractivity contribution is -0.115. The molecule has 5 heteroatoms. The standard InChI is InChI=1S/C13H16ClN3O/c1-3-9(2)16-8-13(18)17-11-4-5-12(14)10(6-11)7-15/h4-6,9,16H,3,8H2,1-2H3,(H,17,18). The molecule has 0 saturated carbocycles. The number of hydrogen-bond acceptors (Lipinski definition) is 3. The summed E-state index contributed by atoms with van der Waals surface area (Å²) in [5.74, 6) is -0.137. The van der Waals surface area contributed by atoms with Crippen molar-refractivity contribution in [2.45, 2.75) is 26.3 Å². The number of nitrogens with zero attached hydrogens (tertiary/aromatic N) is 1. The van der Waals surface area contributed by atoms with Gasteiger partial charge in [-0.3, -0.25) is 4.79 Å². The van der Waals surface area contributed by atoms with Crippen molar-refractivity contribution in [3.63, 3.8) is 0 Å². The van der Waals surface area contributed by atoms with E-state index in [0.29, 0.717) is 22.3 Å². The zero-order valence-corrected chi connectivity index (χ0v) is 11.2. The van der Waals surface area contributed by atoms with Crippen LogP contribution >= 0.6 is 11.6 Å². The minimum Gasteiger partial charge on any atom is -0.325 e. The molecule has 1 rings (SSSR count). The highest BCUT2D eigenvalue weighted by molar-refractivity contribution is 6.31. The first-order valence-electron chi connectivity index (χ1n) is 5.79. The Labute approximate surface area is 112 Å². The molecule has 0 radical (unpaired) electrons. The lowest BCUT2D eigenvalue weighted by Gasteiger charge is -2.11. The zero-order valence-electron chi connectivity index (χ0n) is 10.5. The summed E-state index contributed by atoms with van der Waals surface area (Å²) in [5.41, 5.74) is 0.927. The smallest absolute Gasteiger partial charge is 0.238 e. The quantitative estimate of drug-likeness (QED) is 0.860. The normalized spacial score (nSPS) is 11.7. The lowest BCUT2D eigenvalue weighted by atomic mass is 10.2. The largest absolute Gasteiger partial charge is 0.325 e. The molecule has 2 N–H and O–H groups in total. The van der Waals surface area contributed by atoms with Gasteiger partial charge in [0.2, 0.25) is 5.91 Å². The van der Waals surface area contributed by atoms with Crippen LogP contribution in [-0.2, 0) is 4.79 Å². The fourth-order valence-corrected chi connectivity index (χ4v) is 1.46. The summed E-state index contributed by atoms with van der Waals surface area (Å²) >= 11 is 5.81. The second-order valence-corrected chi connectivity index (χ2v) is 4.45. The van der Waals surface area contributed by atoms with E-state index in [1.165, 1.54) is 0 Å². The summed E-state index contributed by atoms with van der Waals surface area (Å²) in [4.78, 5) is 11.6. The molecular formula is C13H16ClN3O. The van der Waals surface area contributed by atoms with Gasteiger partial charge in [0.25, 0.3) is 0 Å². The van der Waals surface area contributed by atoms with Gasteiger partial charge in [-0.25, -0.2) is 0 Å². The molecule has 0 bridgehead atoms. The molecular weight excluding hydrogens is 250 g/mol. The van der Waals surface area contributed by atoms with Crippen LogP contribution in [-0.4, -0.2) is 18.5 Å². The van der Waals surface area contributed by atoms with E-state index in [1.807, 2.05) is 19.9 Å². The van der Waals surface area contributed by atoms with E-state index in [2.05, 4.69) is 10.6 Å². The number of nitrogens with one attached hydrogen (secondary N) is 2. The highest BCUT2D eigenvalue weighted by Crippen LogP contribution is 2.19. The van der Waals surface area contributed by atoms with Crippen LogP contribution in [0.5, 0.6) is 0 Å². The molecule has 0 spiro atoms. The molecule has 0 aliphatic carbocycles. The van der Waals surface area contributed by atoms with Gasteiger partial charge in [-0.1, -0.05) is 18.5 Å². The monoisotopic (exact) mass is 265 g/mol. The van der Waals surface area contributed by atoms with Crippen molar-refractivity contribution in [2.75, 3.05) is 11.9 Å². The Kier molecular flexibility index (Phi) is 5.63. The number of carbonyl (C=O) groups excluding carboxylic acids is 1. The van der Waals surface area contributed by atoms with E-state index >= 15 is 0 Å². The second kappa shape index (κ2) is 7.00. The molecule has 0 aliphatic rings. The summed E-state index contributed by atoms with van der Waals surface area (Å²) < 4.78 is 0. The van der Waals surface area contributed by atoms with Crippen LogP contribution in [0.15, 0.2) is 18.2 Å². The molecule has 0 aromatic heterocycles. The van der Waals surface area contributed by atoms with E-state index < -0.39 is 0 Å². The molecule has 1 atom stereocenters. The Bertz CT molecular complexity index is 468. The van der Waals surface area contributed by atoms with Crippen molar-refractivity contribution in [1.82, 2.24) is 5.32 Å². The van der Waals surface area contributed by atoms with Crippen molar-refractivity contribution in [1.29, 1.82) is 5.26 Å². The summed E-state index contributed by atoms with van der Waals surface area (Å²) in [7, 11) is 0. The highest BCUT2D eigenvalue weighted by atomic mass is 35.5. The molecule has 0 heterocycles. The summed E-state index contributed by atoms with van der Waals surface area (Å²) in [5, 5.41) is 15.0. The van der Waals surface area contributed by atoms with Gasteiger partial charge >= 0.3 is 0 Å². The number of halogens is 1. The molecule has 1 aromatic carbocycles. The maximum absolute atomic E-state index is 11.6. The Morgan fingerprint density at radius 1 is 1.56 bits per heavy atom. The predicted octanol–water partition coefficient (Wildman–Crippen LogP) is 2.54. The highest BCUT2D eigenvalue weighted by Gasteiger charge is 2.06. The Morgan fingerprint density at radius 2 is 2.28 bits per heavy atom. The van der Waals surface area contributed by atoms with Crippen molar-refractivity contribution in [3.05, 3.63) is 28.8 Å². The van der Waals surface area contributed by atoms with Gasteiger partial charge in [0.05, 0.1) is 17.1 Å². The number of carbonyl (C=O) groups is 1. The first kappa shape index (κ1) is 14.5. The molecule has 1 unspecified atom stereocenters. The molecule has 96 valence electrons. The van der Waals surface area contributed by atoms with Gasteiger partial charge in [0, 0.05) is 11.7 Å². The fraction of sp³-hybridized carbons (Fsp3) is 0.385. The molecule has 0 saturated heterocycles. The average molecular weight is 266 g/mol. The van der Waals surface area contributed by atoms with Gasteiger partial charge in [-0.2, -0.15) is 5.26 Å². The third-order valence-electron chi connectivity index (χ3n) is 2.59. The number of anilines is 1. The first-order valence-corrected chi connectivity index (χ1v) is 6.17. The van der Waals surface area contributed by atoms with Crippen LogP contribution < -0.4 is 10.6 Å². The SMILES string of the molecule is CCC(C)NCC(=O)Nc1ccc(Cl)c(C#N)c1. The van der Waals surface area contributed by atoms with Crippen LogP contribution in [0.2, 0.25) is 5.02 Å². The van der Waals surface area contributed by atoms with Crippen LogP contribution in [0.3, 0.4) is 0 Å². The molecule has 1 amide bonds. The van der Waals surface area contributed by atoms with Crippen molar-refractivity contribution in [3.8, 4) is 6.07 Å². The summed E-state index contributed by atoms with van der Waals surface area (Å²) in [6.07, 6.45) is 0.965. The molecule has 4 nitrogen and oxygen atoms in total. The number of benzene rings is 1. The summed E-state index contributed by atoms with van der Waals surface area (Å²) in [6, 6.07) is 7.10. The van der Waals surface area contributed by atoms with Crippen LogP contribution in [0.25, 0.3) is 0 Å². The van der Waals surface area contributed by atoms with E-state index in [4.69, 9.17) is 16.9 Å². The van der Waals surface area contributed by atoms with Crippen LogP contribution in [0.1, 0.15) is 25.8 Å². The van der Waals surface area contributed by atoms with Crippen LogP contribution in [0, 0.1) is 11.3 Å². The van der Waals surface area contributed by atoms with Crippen LogP contribution in [0.4, 0.5) is 5.69 Å². The van der Waals surface area contributed by atoms with Gasteiger partial charge in [0.1, 0.15) is 6.07 Å². The first-order chi connectivity index (χ1) is 8.56. The maximum Gasteiger partial charge on any atom is 0.238 e. The Morgan fingerprint density at radius 3 is 2.89 bits per heavy atom. The number of hydrogen-bond donors (Lipinski definition) is 2. The maximum atomic E-state index is 11.6. The summed E-state index contributed by atoms with van der Waals surface area (Å²) in [6.45, 7) is 4.32. The molecule has 1 aromatic rings. The number of rotatable bonds is 5. The average Bonchev–Trinajstić information content (AvgIpc) is 2.38. The van der Waals surface area contributed by atoms with Gasteiger partial charge in [-0.15, -0.1) is 0 Å². The lowest BCUT2D eigenvalue weighted by Crippen LogP contribution is -2.33. The van der Waals surface area contributed by atoms with Crippen molar-refractivity contribution in [2.24, 2.45) is 0 Å². The van der Waals surface area contributed by atoms with E-state index in [9.17, 15) is 4.79 Å². The Balaban J connectivity index is 2.57. The van der Waals surface area contributed by atoms with Crippen molar-refractivity contribution < 1.29 is 4.79 Å². The topological polar surface area (TPSA) is 64.9 Å². The van der Waals surface area contributed by atoms with E-state index in [1.54, 1.807) is 18.2 Å². The third-order valence-corrected chi connectivity index (χ3v) is 2.92. The fourth-order valence-electron chi connectivity index (χ4n) is 1.31. The minimum atomic E-state index is -0.137. The van der Waals surface area contributed by atoms with E-state index in [-0.39, 0.29) is 12.5 Å². The number of amides is 1. The molecule has 0 fully saturated rings. The zero-order chi connectivity index (χ0) is 13.5. The van der Waals surface area contributed by atoms with E-state index in [0.717, 1.165) is 6.42 Å².